The van der Waals surface area contributed by atoms with Crippen molar-refractivity contribution in [2.24, 2.45) is 5.73 Å². The summed E-state index contributed by atoms with van der Waals surface area (Å²) in [5, 5.41) is 8.18. The van der Waals surface area contributed by atoms with Crippen molar-refractivity contribution in [1.29, 1.82) is 0 Å². The zero-order valence-electron chi connectivity index (χ0n) is 16.6. The zero-order valence-corrected chi connectivity index (χ0v) is 17.4. The topological polar surface area (TPSA) is 83.0 Å². The van der Waals surface area contributed by atoms with Gasteiger partial charge in [0, 0.05) is 16.6 Å². The van der Waals surface area contributed by atoms with E-state index in [1.54, 1.807) is 18.4 Å². The monoisotopic (exact) mass is 450 g/mol. The van der Waals surface area contributed by atoms with Gasteiger partial charge >= 0.3 is 0 Å². The molecule has 1 aromatic heterocycles. The summed E-state index contributed by atoms with van der Waals surface area (Å²) in [5.41, 5.74) is 4.04. The van der Waals surface area contributed by atoms with Crippen LogP contribution in [0, 0.1) is 17.5 Å². The molecule has 1 heterocycles. The Kier molecular flexibility index (Phi) is 5.17. The minimum absolute atomic E-state index is 0.0157. The summed E-state index contributed by atoms with van der Waals surface area (Å²) in [6, 6.07) is 5.70. The molecule has 10 heteroatoms. The number of hydrogen-bond donors (Lipinski definition) is 1. The second-order valence-corrected chi connectivity index (χ2v) is 8.25. The molecular formula is C21H18ClF3N4O2. The highest BCUT2D eigenvalue weighted by Gasteiger charge is 2.38. The molecule has 0 unspecified atom stereocenters. The Balaban J connectivity index is 1.77. The van der Waals surface area contributed by atoms with Gasteiger partial charge in [0.1, 0.15) is 5.82 Å². The molecule has 0 bridgehead atoms. The highest BCUT2D eigenvalue weighted by atomic mass is 35.5. The Bertz CT molecular complexity index is 1170. The molecule has 4 rings (SSSR count). The third kappa shape index (κ3) is 3.97. The Hall–Kier alpha value is -3.07. The molecule has 6 nitrogen and oxygen atoms in total. The summed E-state index contributed by atoms with van der Waals surface area (Å²) in [4.78, 5) is 11.3. The number of carbonyl (C=O) groups is 1. The SMILES string of the molecule is CC(C)(Oc1c(F)cc(Cl)cc1F)c1nnc(-c2ccc(C(N)=O)cc2F)n1C1CC1. The number of hydrogen-bond acceptors (Lipinski definition) is 4. The lowest BCUT2D eigenvalue weighted by molar-refractivity contribution is 0.0825. The van der Waals surface area contributed by atoms with Gasteiger partial charge in [-0.2, -0.15) is 0 Å². The standard InChI is InChI=1S/C21H18ClF3N4O2/c1-21(2,31-17-15(24)8-11(22)9-16(17)25)20-28-27-19(29(20)12-4-5-12)13-6-3-10(18(26)30)7-14(13)23/h3,6-9,12H,4-5H2,1-2H3,(H2,26,30). The molecule has 0 aliphatic heterocycles. The number of halogens is 4. The Labute approximate surface area is 180 Å². The maximum absolute atomic E-state index is 14.7. The van der Waals surface area contributed by atoms with E-state index in [9.17, 15) is 18.0 Å². The molecule has 31 heavy (non-hydrogen) atoms. The van der Waals surface area contributed by atoms with E-state index >= 15 is 0 Å². The number of benzene rings is 2. The van der Waals surface area contributed by atoms with Crippen molar-refractivity contribution in [3.63, 3.8) is 0 Å². The van der Waals surface area contributed by atoms with Crippen LogP contribution in [0.1, 0.15) is 48.9 Å². The first-order chi connectivity index (χ1) is 14.6. The van der Waals surface area contributed by atoms with Crippen molar-refractivity contribution in [3.8, 4) is 17.1 Å². The minimum atomic E-state index is -1.31. The van der Waals surface area contributed by atoms with Crippen molar-refractivity contribution < 1.29 is 22.7 Å². The number of amides is 1. The average Bonchev–Trinajstić information content (AvgIpc) is 3.42. The smallest absolute Gasteiger partial charge is 0.248 e. The third-order valence-corrected chi connectivity index (χ3v) is 5.18. The predicted octanol–water partition coefficient (Wildman–Crippen LogP) is 4.76. The van der Waals surface area contributed by atoms with Gasteiger partial charge in [-0.05, 0) is 57.0 Å². The van der Waals surface area contributed by atoms with Crippen LogP contribution in [-0.4, -0.2) is 20.7 Å². The van der Waals surface area contributed by atoms with Gasteiger partial charge in [0.25, 0.3) is 0 Å². The molecule has 0 atom stereocenters. The zero-order chi connectivity index (χ0) is 22.5. The lowest BCUT2D eigenvalue weighted by Crippen LogP contribution is -2.30. The summed E-state index contributed by atoms with van der Waals surface area (Å²) < 4.78 is 50.6. The number of aromatic nitrogens is 3. The predicted molar refractivity (Wildman–Crippen MR) is 107 cm³/mol. The quantitative estimate of drug-likeness (QED) is 0.586. The van der Waals surface area contributed by atoms with E-state index in [0.29, 0.717) is 0 Å². The van der Waals surface area contributed by atoms with Gasteiger partial charge in [-0.15, -0.1) is 10.2 Å². The lowest BCUT2D eigenvalue weighted by Gasteiger charge is -2.27. The molecule has 0 saturated heterocycles. The molecule has 2 aromatic carbocycles. The van der Waals surface area contributed by atoms with Gasteiger partial charge in [-0.3, -0.25) is 4.79 Å². The maximum atomic E-state index is 14.7. The molecular weight excluding hydrogens is 433 g/mol. The van der Waals surface area contributed by atoms with Crippen molar-refractivity contribution in [2.45, 2.75) is 38.3 Å². The van der Waals surface area contributed by atoms with Gasteiger partial charge < -0.3 is 15.0 Å². The van der Waals surface area contributed by atoms with E-state index in [1.165, 1.54) is 12.1 Å². The molecule has 1 aliphatic carbocycles. The lowest BCUT2D eigenvalue weighted by atomic mass is 10.1. The Morgan fingerprint density at radius 3 is 2.32 bits per heavy atom. The number of ether oxygens (including phenoxy) is 1. The van der Waals surface area contributed by atoms with Crippen LogP contribution < -0.4 is 10.5 Å². The fourth-order valence-corrected chi connectivity index (χ4v) is 3.53. The first kappa shape index (κ1) is 21.2. The first-order valence-electron chi connectivity index (χ1n) is 9.47. The molecule has 3 aromatic rings. The fraction of sp³-hybridized carbons (Fsp3) is 0.286. The number of rotatable bonds is 6. The summed E-state index contributed by atoms with van der Waals surface area (Å²) in [5.74, 6) is -3.45. The van der Waals surface area contributed by atoms with Crippen LogP contribution >= 0.6 is 11.6 Å². The largest absolute Gasteiger partial charge is 0.474 e. The molecule has 1 fully saturated rings. The highest BCUT2D eigenvalue weighted by Crippen LogP contribution is 2.42. The fourth-order valence-electron chi connectivity index (χ4n) is 3.34. The third-order valence-electron chi connectivity index (χ3n) is 4.96. The van der Waals surface area contributed by atoms with Crippen molar-refractivity contribution in [1.82, 2.24) is 14.8 Å². The van der Waals surface area contributed by atoms with Crippen LogP contribution in [0.4, 0.5) is 13.2 Å². The van der Waals surface area contributed by atoms with Crippen LogP contribution in [0.5, 0.6) is 5.75 Å². The molecule has 1 amide bonds. The number of primary amides is 1. The molecule has 1 aliphatic rings. The van der Waals surface area contributed by atoms with Crippen molar-refractivity contribution in [2.75, 3.05) is 0 Å². The Morgan fingerprint density at radius 1 is 1.13 bits per heavy atom. The number of nitrogens with zero attached hydrogens (tertiary/aromatic N) is 3. The molecule has 2 N–H and O–H groups in total. The van der Waals surface area contributed by atoms with Crippen LogP contribution in [0.25, 0.3) is 11.4 Å². The van der Waals surface area contributed by atoms with Gasteiger partial charge in [-0.25, -0.2) is 13.2 Å². The summed E-state index contributed by atoms with van der Waals surface area (Å²) >= 11 is 5.68. The highest BCUT2D eigenvalue weighted by molar-refractivity contribution is 6.30. The second-order valence-electron chi connectivity index (χ2n) is 7.82. The average molecular weight is 451 g/mol. The summed E-state index contributed by atoms with van der Waals surface area (Å²) in [6.07, 6.45) is 1.61. The van der Waals surface area contributed by atoms with Crippen LogP contribution in [0.3, 0.4) is 0 Å². The van der Waals surface area contributed by atoms with Crippen LogP contribution in [0.15, 0.2) is 30.3 Å². The van der Waals surface area contributed by atoms with E-state index < -0.39 is 34.7 Å². The van der Waals surface area contributed by atoms with Crippen LogP contribution in [0.2, 0.25) is 5.02 Å². The van der Waals surface area contributed by atoms with E-state index in [2.05, 4.69) is 10.2 Å². The number of carbonyl (C=O) groups excluding carboxylic acids is 1. The molecule has 0 radical (unpaired) electrons. The van der Waals surface area contributed by atoms with E-state index in [0.717, 1.165) is 31.0 Å². The van der Waals surface area contributed by atoms with Gasteiger partial charge in [-0.1, -0.05) is 11.6 Å². The first-order valence-corrected chi connectivity index (χ1v) is 9.85. The molecule has 1 saturated carbocycles. The van der Waals surface area contributed by atoms with Gasteiger partial charge in [0.2, 0.25) is 5.91 Å². The Morgan fingerprint density at radius 2 is 1.77 bits per heavy atom. The van der Waals surface area contributed by atoms with Crippen molar-refractivity contribution in [3.05, 3.63) is 64.2 Å². The summed E-state index contributed by atoms with van der Waals surface area (Å²) in [7, 11) is 0. The van der Waals surface area contributed by atoms with Gasteiger partial charge in [0.05, 0.1) is 5.56 Å². The van der Waals surface area contributed by atoms with E-state index in [4.69, 9.17) is 22.1 Å². The normalized spacial score (nSPS) is 14.0. The summed E-state index contributed by atoms with van der Waals surface area (Å²) in [6.45, 7) is 3.17. The van der Waals surface area contributed by atoms with E-state index in [1.807, 2.05) is 0 Å². The molecule has 0 spiro atoms. The van der Waals surface area contributed by atoms with E-state index in [-0.39, 0.29) is 33.8 Å². The van der Waals surface area contributed by atoms with Crippen LogP contribution in [-0.2, 0) is 5.60 Å². The van der Waals surface area contributed by atoms with Crippen molar-refractivity contribution >= 4 is 17.5 Å². The molecule has 162 valence electrons. The second kappa shape index (κ2) is 7.56. The van der Waals surface area contributed by atoms with Gasteiger partial charge in [0.15, 0.2) is 34.6 Å². The number of nitrogens with two attached hydrogens (primary N) is 1. The maximum Gasteiger partial charge on any atom is 0.248 e. The minimum Gasteiger partial charge on any atom is -0.474 e.